The Labute approximate surface area is 178 Å². The Bertz CT molecular complexity index is 1110. The molecule has 1 fully saturated rings. The number of rotatable bonds is 6. The molecule has 0 bridgehead atoms. The zero-order valence-corrected chi connectivity index (χ0v) is 18.1. The maximum absolute atomic E-state index is 12.4. The molecule has 0 aliphatic carbocycles. The molecule has 0 spiro atoms. The minimum absolute atomic E-state index is 0.176. The van der Waals surface area contributed by atoms with Crippen LogP contribution in [-0.4, -0.2) is 31.5 Å². The molecule has 2 N–H and O–H groups in total. The zero-order valence-electron chi connectivity index (χ0n) is 15.7. The lowest BCUT2D eigenvalue weighted by Crippen LogP contribution is -2.19. The molecule has 10 heteroatoms. The van der Waals surface area contributed by atoms with Gasteiger partial charge >= 0.3 is 0 Å². The summed E-state index contributed by atoms with van der Waals surface area (Å²) in [6.07, 6.45) is 2.36. The summed E-state index contributed by atoms with van der Waals surface area (Å²) >= 11 is 6.85. The van der Waals surface area contributed by atoms with Crippen LogP contribution >= 0.6 is 22.9 Å². The van der Waals surface area contributed by atoms with Gasteiger partial charge in [-0.1, -0.05) is 11.6 Å². The van der Waals surface area contributed by atoms with E-state index in [0.29, 0.717) is 21.7 Å². The van der Waals surface area contributed by atoms with Crippen molar-refractivity contribution in [3.63, 3.8) is 0 Å². The summed E-state index contributed by atoms with van der Waals surface area (Å²) in [4.78, 5) is 11.2. The molecule has 1 saturated heterocycles. The van der Waals surface area contributed by atoms with Crippen LogP contribution in [0.5, 0.6) is 0 Å². The number of anilines is 4. The van der Waals surface area contributed by atoms with Crippen molar-refractivity contribution in [1.29, 1.82) is 0 Å². The first-order chi connectivity index (χ1) is 13.9. The molecule has 0 unspecified atom stereocenters. The zero-order chi connectivity index (χ0) is 20.4. The average Bonchev–Trinajstić information content (AvgIpc) is 3.35. The number of hydrogen-bond acceptors (Lipinski definition) is 7. The van der Waals surface area contributed by atoms with E-state index in [1.54, 1.807) is 30.3 Å². The third-order valence-corrected chi connectivity index (χ3v) is 7.58. The predicted octanol–water partition coefficient (Wildman–Crippen LogP) is 4.64. The Morgan fingerprint density at radius 2 is 1.72 bits per heavy atom. The SMILES string of the molecule is Cc1nc(Nc2ccc(NS(=O)(=O)c3ccc(Cl)s3)cc2)cc(N2CCCC2)n1. The smallest absolute Gasteiger partial charge is 0.271 e. The van der Waals surface area contributed by atoms with Crippen LogP contribution in [0.25, 0.3) is 0 Å². The van der Waals surface area contributed by atoms with Crippen LogP contribution in [0.4, 0.5) is 23.0 Å². The first-order valence-corrected chi connectivity index (χ1v) is 11.8. The van der Waals surface area contributed by atoms with Crippen LogP contribution in [0.15, 0.2) is 46.7 Å². The second kappa shape index (κ2) is 8.17. The second-order valence-corrected chi connectivity index (χ2v) is 10.3. The van der Waals surface area contributed by atoms with E-state index in [1.165, 1.54) is 18.9 Å². The maximum Gasteiger partial charge on any atom is 0.271 e. The fourth-order valence-electron chi connectivity index (χ4n) is 3.14. The summed E-state index contributed by atoms with van der Waals surface area (Å²) in [6, 6.07) is 12.0. The lowest BCUT2D eigenvalue weighted by molar-refractivity contribution is 0.603. The van der Waals surface area contributed by atoms with Crippen LogP contribution in [0.2, 0.25) is 4.34 Å². The van der Waals surface area contributed by atoms with Crippen LogP contribution < -0.4 is 14.9 Å². The van der Waals surface area contributed by atoms with Crippen molar-refractivity contribution in [3.05, 3.63) is 52.6 Å². The molecule has 29 heavy (non-hydrogen) atoms. The van der Waals surface area contributed by atoms with Crippen molar-refractivity contribution in [1.82, 2.24) is 9.97 Å². The maximum atomic E-state index is 12.4. The quantitative estimate of drug-likeness (QED) is 0.569. The third-order valence-electron chi connectivity index (χ3n) is 4.48. The normalized spacial score (nSPS) is 14.2. The molecule has 3 heterocycles. The predicted molar refractivity (Wildman–Crippen MR) is 118 cm³/mol. The highest BCUT2D eigenvalue weighted by atomic mass is 35.5. The summed E-state index contributed by atoms with van der Waals surface area (Å²) in [5.41, 5.74) is 1.27. The molecular formula is C19H20ClN5O2S2. The molecular weight excluding hydrogens is 430 g/mol. The number of nitrogens with zero attached hydrogens (tertiary/aromatic N) is 3. The summed E-state index contributed by atoms with van der Waals surface area (Å²) in [6.45, 7) is 3.90. The van der Waals surface area contributed by atoms with Gasteiger partial charge in [0.15, 0.2) is 0 Å². The van der Waals surface area contributed by atoms with Crippen molar-refractivity contribution >= 4 is 56.0 Å². The van der Waals surface area contributed by atoms with E-state index in [0.717, 1.165) is 35.9 Å². The lowest BCUT2D eigenvalue weighted by Gasteiger charge is -2.18. The van der Waals surface area contributed by atoms with Gasteiger partial charge in [0.25, 0.3) is 10.0 Å². The Morgan fingerprint density at radius 1 is 1.03 bits per heavy atom. The number of sulfonamides is 1. The van der Waals surface area contributed by atoms with Gasteiger partial charge in [-0.05, 0) is 56.2 Å². The minimum atomic E-state index is -3.65. The molecule has 7 nitrogen and oxygen atoms in total. The number of thiophene rings is 1. The van der Waals surface area contributed by atoms with E-state index in [4.69, 9.17) is 11.6 Å². The van der Waals surface area contributed by atoms with E-state index in [9.17, 15) is 8.42 Å². The van der Waals surface area contributed by atoms with Crippen LogP contribution in [0.1, 0.15) is 18.7 Å². The minimum Gasteiger partial charge on any atom is -0.356 e. The molecule has 152 valence electrons. The van der Waals surface area contributed by atoms with Crippen molar-refractivity contribution in [2.75, 3.05) is 28.0 Å². The van der Waals surface area contributed by atoms with E-state index in [1.807, 2.05) is 13.0 Å². The number of halogens is 1. The Balaban J connectivity index is 1.47. The second-order valence-electron chi connectivity index (χ2n) is 6.72. The van der Waals surface area contributed by atoms with Gasteiger partial charge in [0.2, 0.25) is 0 Å². The molecule has 0 atom stereocenters. The van der Waals surface area contributed by atoms with E-state index >= 15 is 0 Å². The number of hydrogen-bond donors (Lipinski definition) is 2. The average molecular weight is 450 g/mol. The number of aryl methyl sites for hydroxylation is 1. The van der Waals surface area contributed by atoms with Gasteiger partial charge < -0.3 is 10.2 Å². The van der Waals surface area contributed by atoms with Gasteiger partial charge in [0.05, 0.1) is 4.34 Å². The lowest BCUT2D eigenvalue weighted by atomic mass is 10.3. The molecule has 0 radical (unpaired) electrons. The fraction of sp³-hybridized carbons (Fsp3) is 0.263. The molecule has 1 aliphatic rings. The first-order valence-electron chi connectivity index (χ1n) is 9.15. The third kappa shape index (κ3) is 4.80. The van der Waals surface area contributed by atoms with Gasteiger partial charge in [-0.2, -0.15) is 0 Å². The Morgan fingerprint density at radius 3 is 2.38 bits per heavy atom. The van der Waals surface area contributed by atoms with Gasteiger partial charge in [0, 0.05) is 30.5 Å². The molecule has 1 aliphatic heterocycles. The van der Waals surface area contributed by atoms with Gasteiger partial charge in [-0.15, -0.1) is 11.3 Å². The highest BCUT2D eigenvalue weighted by molar-refractivity contribution is 7.94. The highest BCUT2D eigenvalue weighted by Crippen LogP contribution is 2.28. The Kier molecular flexibility index (Phi) is 5.62. The highest BCUT2D eigenvalue weighted by Gasteiger charge is 2.17. The molecule has 2 aromatic heterocycles. The molecule has 0 amide bonds. The first kappa shape index (κ1) is 19.9. The van der Waals surface area contributed by atoms with Gasteiger partial charge in [0.1, 0.15) is 21.7 Å². The van der Waals surface area contributed by atoms with Crippen molar-refractivity contribution in [3.8, 4) is 0 Å². The monoisotopic (exact) mass is 449 g/mol. The van der Waals surface area contributed by atoms with Crippen LogP contribution in [0.3, 0.4) is 0 Å². The summed E-state index contributed by atoms with van der Waals surface area (Å²) < 4.78 is 28.0. The van der Waals surface area contributed by atoms with Crippen LogP contribution in [0, 0.1) is 6.92 Å². The van der Waals surface area contributed by atoms with E-state index in [2.05, 4.69) is 24.9 Å². The molecule has 1 aromatic carbocycles. The summed E-state index contributed by atoms with van der Waals surface area (Å²) in [5, 5.41) is 3.26. The van der Waals surface area contributed by atoms with E-state index < -0.39 is 10.0 Å². The molecule has 3 aromatic rings. The molecule has 0 saturated carbocycles. The topological polar surface area (TPSA) is 87.2 Å². The summed E-state index contributed by atoms with van der Waals surface area (Å²) in [5.74, 6) is 2.34. The number of nitrogens with one attached hydrogen (secondary N) is 2. The number of benzene rings is 1. The number of aromatic nitrogens is 2. The summed E-state index contributed by atoms with van der Waals surface area (Å²) in [7, 11) is -3.65. The van der Waals surface area contributed by atoms with Crippen LogP contribution in [-0.2, 0) is 10.0 Å². The fourth-order valence-corrected chi connectivity index (χ4v) is 5.68. The standard InChI is InChI=1S/C19H20ClN5O2S2/c1-13-21-17(12-18(22-13)25-10-2-3-11-25)23-14-4-6-15(7-5-14)24-29(26,27)19-9-8-16(20)28-19/h4-9,12,24H,2-3,10-11H2,1H3,(H,21,22,23). The van der Waals surface area contributed by atoms with Crippen molar-refractivity contribution < 1.29 is 8.42 Å². The largest absolute Gasteiger partial charge is 0.356 e. The Hall–Kier alpha value is -2.36. The van der Waals surface area contributed by atoms with E-state index in [-0.39, 0.29) is 4.21 Å². The van der Waals surface area contributed by atoms with Crippen molar-refractivity contribution in [2.45, 2.75) is 24.0 Å². The van der Waals surface area contributed by atoms with Gasteiger partial charge in [-0.25, -0.2) is 18.4 Å². The van der Waals surface area contributed by atoms with Crippen molar-refractivity contribution in [2.24, 2.45) is 0 Å². The van der Waals surface area contributed by atoms with Gasteiger partial charge in [-0.3, -0.25) is 4.72 Å². The molecule has 4 rings (SSSR count).